The summed E-state index contributed by atoms with van der Waals surface area (Å²) in [6, 6.07) is 10.0. The summed E-state index contributed by atoms with van der Waals surface area (Å²) in [6.45, 7) is 3.29. The summed E-state index contributed by atoms with van der Waals surface area (Å²) >= 11 is 2.77. The molecule has 1 amide bonds. The van der Waals surface area contributed by atoms with Crippen molar-refractivity contribution in [1.29, 1.82) is 0 Å². The first kappa shape index (κ1) is 20.2. The SMILES string of the molecule is CCOC(=O)CCCNC(=O)CSc1nnc(NCc2ccccc2)s1. The molecular weight excluding hydrogens is 372 g/mol. The van der Waals surface area contributed by atoms with Crippen molar-refractivity contribution in [2.24, 2.45) is 0 Å². The summed E-state index contributed by atoms with van der Waals surface area (Å²) in [6.07, 6.45) is 0.885. The highest BCUT2D eigenvalue weighted by atomic mass is 32.2. The van der Waals surface area contributed by atoms with Crippen LogP contribution in [0, 0.1) is 0 Å². The Kier molecular flexibility index (Phi) is 8.91. The zero-order valence-electron chi connectivity index (χ0n) is 14.6. The fraction of sp³-hybridized carbons (Fsp3) is 0.412. The molecule has 0 unspecified atom stereocenters. The number of benzene rings is 1. The fourth-order valence-electron chi connectivity index (χ4n) is 1.99. The maximum absolute atomic E-state index is 11.8. The molecule has 2 N–H and O–H groups in total. The first-order valence-electron chi connectivity index (χ1n) is 8.33. The Bertz CT molecular complexity index is 694. The summed E-state index contributed by atoms with van der Waals surface area (Å²) in [5, 5.41) is 14.9. The van der Waals surface area contributed by atoms with Gasteiger partial charge in [0, 0.05) is 19.5 Å². The largest absolute Gasteiger partial charge is 0.466 e. The molecule has 0 aliphatic rings. The van der Waals surface area contributed by atoms with Crippen LogP contribution in [0.4, 0.5) is 5.13 Å². The highest BCUT2D eigenvalue weighted by Gasteiger charge is 2.08. The zero-order valence-corrected chi connectivity index (χ0v) is 16.2. The molecule has 0 radical (unpaired) electrons. The second kappa shape index (κ2) is 11.5. The molecule has 0 fully saturated rings. The maximum Gasteiger partial charge on any atom is 0.305 e. The van der Waals surface area contributed by atoms with Crippen molar-refractivity contribution in [2.75, 3.05) is 24.2 Å². The Balaban J connectivity index is 1.61. The van der Waals surface area contributed by atoms with E-state index < -0.39 is 0 Å². The van der Waals surface area contributed by atoms with Gasteiger partial charge in [0.15, 0.2) is 4.34 Å². The Labute approximate surface area is 160 Å². The van der Waals surface area contributed by atoms with Crippen molar-refractivity contribution in [3.63, 3.8) is 0 Å². The van der Waals surface area contributed by atoms with Crippen LogP contribution in [-0.4, -0.2) is 41.0 Å². The summed E-state index contributed by atoms with van der Waals surface area (Å²) in [5.74, 6) is -0.0550. The van der Waals surface area contributed by atoms with E-state index in [1.54, 1.807) is 6.92 Å². The summed E-state index contributed by atoms with van der Waals surface area (Å²) < 4.78 is 5.57. The molecule has 1 aromatic carbocycles. The van der Waals surface area contributed by atoms with Gasteiger partial charge in [0.2, 0.25) is 11.0 Å². The van der Waals surface area contributed by atoms with Gasteiger partial charge in [0.05, 0.1) is 12.4 Å². The Morgan fingerprint density at radius 3 is 2.81 bits per heavy atom. The van der Waals surface area contributed by atoms with Crippen LogP contribution in [0.25, 0.3) is 0 Å². The first-order chi connectivity index (χ1) is 12.7. The van der Waals surface area contributed by atoms with Gasteiger partial charge in [-0.1, -0.05) is 53.4 Å². The van der Waals surface area contributed by atoms with Crippen molar-refractivity contribution in [3.8, 4) is 0 Å². The van der Waals surface area contributed by atoms with E-state index in [-0.39, 0.29) is 17.6 Å². The molecule has 140 valence electrons. The van der Waals surface area contributed by atoms with Gasteiger partial charge in [-0.25, -0.2) is 0 Å². The number of anilines is 1. The Morgan fingerprint density at radius 1 is 1.23 bits per heavy atom. The third kappa shape index (κ3) is 7.83. The van der Waals surface area contributed by atoms with E-state index in [4.69, 9.17) is 4.74 Å². The van der Waals surface area contributed by atoms with Gasteiger partial charge in [-0.15, -0.1) is 10.2 Å². The van der Waals surface area contributed by atoms with Crippen LogP contribution in [0.1, 0.15) is 25.3 Å². The molecule has 0 saturated carbocycles. The van der Waals surface area contributed by atoms with Crippen LogP contribution < -0.4 is 10.6 Å². The number of rotatable bonds is 11. The number of thioether (sulfide) groups is 1. The molecule has 2 aromatic rings. The lowest BCUT2D eigenvalue weighted by atomic mass is 10.2. The van der Waals surface area contributed by atoms with Crippen LogP contribution in [-0.2, 0) is 20.9 Å². The van der Waals surface area contributed by atoms with E-state index >= 15 is 0 Å². The average Bonchev–Trinajstić information content (AvgIpc) is 3.11. The Morgan fingerprint density at radius 2 is 2.04 bits per heavy atom. The minimum atomic E-state index is -0.236. The molecule has 1 heterocycles. The molecule has 1 aromatic heterocycles. The summed E-state index contributed by atoms with van der Waals surface area (Å²) in [5.41, 5.74) is 1.17. The lowest BCUT2D eigenvalue weighted by Crippen LogP contribution is -2.26. The number of amides is 1. The third-order valence-corrected chi connectivity index (χ3v) is 5.22. The van der Waals surface area contributed by atoms with Crippen LogP contribution >= 0.6 is 23.1 Å². The van der Waals surface area contributed by atoms with Gasteiger partial charge in [-0.3, -0.25) is 9.59 Å². The van der Waals surface area contributed by atoms with E-state index in [1.165, 1.54) is 28.7 Å². The van der Waals surface area contributed by atoms with E-state index in [0.29, 0.717) is 32.5 Å². The number of nitrogens with zero attached hydrogens (tertiary/aromatic N) is 2. The van der Waals surface area contributed by atoms with Gasteiger partial charge < -0.3 is 15.4 Å². The molecule has 0 bridgehead atoms. The number of ether oxygens (including phenoxy) is 1. The van der Waals surface area contributed by atoms with Gasteiger partial charge in [-0.2, -0.15) is 0 Å². The van der Waals surface area contributed by atoms with Crippen molar-refractivity contribution >= 4 is 40.1 Å². The van der Waals surface area contributed by atoms with Crippen molar-refractivity contribution in [2.45, 2.75) is 30.6 Å². The molecule has 0 aliphatic heterocycles. The summed E-state index contributed by atoms with van der Waals surface area (Å²) in [7, 11) is 0. The normalized spacial score (nSPS) is 10.3. The lowest BCUT2D eigenvalue weighted by molar-refractivity contribution is -0.143. The van der Waals surface area contributed by atoms with Crippen LogP contribution in [0.15, 0.2) is 34.7 Å². The topological polar surface area (TPSA) is 93.2 Å². The molecule has 26 heavy (non-hydrogen) atoms. The molecular formula is C17H22N4O3S2. The summed E-state index contributed by atoms with van der Waals surface area (Å²) in [4.78, 5) is 23.0. The van der Waals surface area contributed by atoms with E-state index in [1.807, 2.05) is 30.3 Å². The van der Waals surface area contributed by atoms with Crippen LogP contribution in [0.5, 0.6) is 0 Å². The maximum atomic E-state index is 11.8. The minimum Gasteiger partial charge on any atom is -0.466 e. The van der Waals surface area contributed by atoms with Gasteiger partial charge in [0.1, 0.15) is 0 Å². The molecule has 7 nitrogen and oxygen atoms in total. The lowest BCUT2D eigenvalue weighted by Gasteiger charge is -2.04. The van der Waals surface area contributed by atoms with E-state index in [2.05, 4.69) is 20.8 Å². The number of hydrogen-bond acceptors (Lipinski definition) is 8. The predicted molar refractivity (Wildman–Crippen MR) is 103 cm³/mol. The first-order valence-corrected chi connectivity index (χ1v) is 10.1. The average molecular weight is 395 g/mol. The molecule has 0 aliphatic carbocycles. The zero-order chi connectivity index (χ0) is 18.6. The molecule has 2 rings (SSSR count). The van der Waals surface area contributed by atoms with Crippen molar-refractivity contribution < 1.29 is 14.3 Å². The number of esters is 1. The molecule has 0 atom stereocenters. The van der Waals surface area contributed by atoms with Gasteiger partial charge >= 0.3 is 5.97 Å². The Hall–Kier alpha value is -2.13. The third-order valence-electron chi connectivity index (χ3n) is 3.20. The van der Waals surface area contributed by atoms with Gasteiger partial charge in [0.25, 0.3) is 0 Å². The van der Waals surface area contributed by atoms with Crippen LogP contribution in [0.3, 0.4) is 0 Å². The fourth-order valence-corrected chi connectivity index (χ4v) is 3.56. The number of carbonyl (C=O) groups excluding carboxylic acids is 2. The monoisotopic (exact) mass is 394 g/mol. The number of nitrogens with one attached hydrogen (secondary N) is 2. The smallest absolute Gasteiger partial charge is 0.305 e. The second-order valence-electron chi connectivity index (χ2n) is 5.26. The molecule has 0 spiro atoms. The van der Waals surface area contributed by atoms with Gasteiger partial charge in [-0.05, 0) is 18.9 Å². The van der Waals surface area contributed by atoms with Crippen molar-refractivity contribution in [1.82, 2.24) is 15.5 Å². The minimum absolute atomic E-state index is 0.0900. The van der Waals surface area contributed by atoms with E-state index in [9.17, 15) is 9.59 Å². The number of carbonyl (C=O) groups is 2. The molecule has 0 saturated heterocycles. The standard InChI is InChI=1S/C17H22N4O3S2/c1-2-24-15(23)9-6-10-18-14(22)12-25-17-21-20-16(26-17)19-11-13-7-4-3-5-8-13/h3-5,7-8H,2,6,9-12H2,1H3,(H,18,22)(H,19,20). The van der Waals surface area contributed by atoms with Crippen LogP contribution in [0.2, 0.25) is 0 Å². The highest BCUT2D eigenvalue weighted by molar-refractivity contribution is 8.01. The molecule has 9 heteroatoms. The number of aromatic nitrogens is 2. The number of hydrogen-bond donors (Lipinski definition) is 2. The predicted octanol–water partition coefficient (Wildman–Crippen LogP) is 2.70. The quantitative estimate of drug-likeness (QED) is 0.344. The van der Waals surface area contributed by atoms with Crippen molar-refractivity contribution in [3.05, 3.63) is 35.9 Å². The van der Waals surface area contributed by atoms with E-state index in [0.717, 1.165) is 9.47 Å². The second-order valence-corrected chi connectivity index (χ2v) is 7.46. The highest BCUT2D eigenvalue weighted by Crippen LogP contribution is 2.25.